The van der Waals surface area contributed by atoms with Gasteiger partial charge in [0, 0.05) is 11.6 Å². The molecule has 2 rings (SSSR count). The Kier molecular flexibility index (Phi) is 4.13. The van der Waals surface area contributed by atoms with Gasteiger partial charge in [-0.15, -0.1) is 0 Å². The molecule has 1 amide bonds. The Morgan fingerprint density at radius 3 is 2.81 bits per heavy atom. The number of nitrogens with zero attached hydrogens (tertiary/aromatic N) is 1. The van der Waals surface area contributed by atoms with Crippen LogP contribution in [0.15, 0.2) is 34.9 Å². The molecule has 21 heavy (non-hydrogen) atoms. The van der Waals surface area contributed by atoms with Crippen molar-refractivity contribution in [3.8, 4) is 0 Å². The molecule has 0 fully saturated rings. The topological polar surface area (TPSA) is 111 Å². The molecule has 2 aromatic rings. The standard InChI is InChI=1S/C13H12ClN3O4/c1-7(11-3-2-4-21-11)16-13(18)8-5-9(14)12(15)10(6-8)17(19)20/h2-7H,15H2,1H3,(H,16,18). The summed E-state index contributed by atoms with van der Waals surface area (Å²) < 4.78 is 5.17. The van der Waals surface area contributed by atoms with Crippen molar-refractivity contribution in [2.24, 2.45) is 0 Å². The summed E-state index contributed by atoms with van der Waals surface area (Å²) in [6.07, 6.45) is 1.49. The molecular weight excluding hydrogens is 298 g/mol. The van der Waals surface area contributed by atoms with Crippen LogP contribution >= 0.6 is 11.6 Å². The SMILES string of the molecule is CC(NC(=O)c1cc(Cl)c(N)c([N+](=O)[O-])c1)c1ccco1. The largest absolute Gasteiger partial charge is 0.467 e. The van der Waals surface area contributed by atoms with Crippen molar-refractivity contribution in [1.29, 1.82) is 0 Å². The van der Waals surface area contributed by atoms with E-state index in [0.29, 0.717) is 5.76 Å². The lowest BCUT2D eigenvalue weighted by molar-refractivity contribution is -0.383. The van der Waals surface area contributed by atoms with E-state index in [4.69, 9.17) is 21.8 Å². The van der Waals surface area contributed by atoms with E-state index in [2.05, 4.69) is 5.32 Å². The van der Waals surface area contributed by atoms with Gasteiger partial charge in [-0.1, -0.05) is 11.6 Å². The maximum atomic E-state index is 12.1. The second-order valence-electron chi connectivity index (χ2n) is 4.36. The van der Waals surface area contributed by atoms with Crippen LogP contribution in [0.1, 0.15) is 29.1 Å². The van der Waals surface area contributed by atoms with Crippen molar-refractivity contribution in [2.75, 3.05) is 5.73 Å². The molecule has 1 aromatic heterocycles. The highest BCUT2D eigenvalue weighted by Gasteiger charge is 2.21. The summed E-state index contributed by atoms with van der Waals surface area (Å²) in [6, 6.07) is 5.40. The lowest BCUT2D eigenvalue weighted by Crippen LogP contribution is -2.26. The van der Waals surface area contributed by atoms with Crippen molar-refractivity contribution >= 4 is 28.9 Å². The fraction of sp³-hybridized carbons (Fsp3) is 0.154. The van der Waals surface area contributed by atoms with Crippen molar-refractivity contribution < 1.29 is 14.1 Å². The highest BCUT2D eigenvalue weighted by molar-refractivity contribution is 6.34. The number of carbonyl (C=O) groups excluding carboxylic acids is 1. The van der Waals surface area contributed by atoms with Gasteiger partial charge in [-0.3, -0.25) is 14.9 Å². The normalized spacial score (nSPS) is 11.9. The van der Waals surface area contributed by atoms with Crippen molar-refractivity contribution in [3.63, 3.8) is 0 Å². The number of furan rings is 1. The van der Waals surface area contributed by atoms with Crippen LogP contribution in [0.2, 0.25) is 5.02 Å². The van der Waals surface area contributed by atoms with Crippen molar-refractivity contribution in [1.82, 2.24) is 5.32 Å². The molecule has 1 aromatic carbocycles. The van der Waals surface area contributed by atoms with E-state index in [1.165, 1.54) is 12.3 Å². The van der Waals surface area contributed by atoms with E-state index in [1.807, 2.05) is 0 Å². The number of nitrogen functional groups attached to an aromatic ring is 1. The van der Waals surface area contributed by atoms with Crippen LogP contribution in [0.25, 0.3) is 0 Å². The Bertz CT molecular complexity index is 685. The van der Waals surface area contributed by atoms with Gasteiger partial charge >= 0.3 is 0 Å². The Labute approximate surface area is 124 Å². The van der Waals surface area contributed by atoms with Crippen molar-refractivity contribution in [3.05, 3.63) is 57.0 Å². The zero-order chi connectivity index (χ0) is 15.6. The lowest BCUT2D eigenvalue weighted by atomic mass is 10.1. The van der Waals surface area contributed by atoms with E-state index in [1.54, 1.807) is 19.1 Å². The van der Waals surface area contributed by atoms with E-state index in [0.717, 1.165) is 6.07 Å². The van der Waals surface area contributed by atoms with Crippen LogP contribution < -0.4 is 11.1 Å². The highest BCUT2D eigenvalue weighted by atomic mass is 35.5. The van der Waals surface area contributed by atoms with Crippen LogP contribution in [0.4, 0.5) is 11.4 Å². The van der Waals surface area contributed by atoms with Gasteiger partial charge < -0.3 is 15.5 Å². The van der Waals surface area contributed by atoms with E-state index in [9.17, 15) is 14.9 Å². The molecule has 0 aliphatic carbocycles. The van der Waals surface area contributed by atoms with E-state index in [-0.39, 0.29) is 22.3 Å². The van der Waals surface area contributed by atoms with Crippen LogP contribution in [-0.2, 0) is 0 Å². The Hall–Kier alpha value is -2.54. The predicted octanol–water partition coefficient (Wildman–Crippen LogP) is 2.91. The summed E-state index contributed by atoms with van der Waals surface area (Å²) >= 11 is 5.82. The van der Waals surface area contributed by atoms with Gasteiger partial charge in [0.25, 0.3) is 11.6 Å². The van der Waals surface area contributed by atoms with E-state index >= 15 is 0 Å². The van der Waals surface area contributed by atoms with Gasteiger partial charge in [0.15, 0.2) is 0 Å². The minimum Gasteiger partial charge on any atom is -0.467 e. The third-order valence-electron chi connectivity index (χ3n) is 2.88. The highest BCUT2D eigenvalue weighted by Crippen LogP contribution is 2.31. The van der Waals surface area contributed by atoms with Crippen LogP contribution in [0.5, 0.6) is 0 Å². The molecular formula is C13H12ClN3O4. The van der Waals surface area contributed by atoms with Crippen molar-refractivity contribution in [2.45, 2.75) is 13.0 Å². The number of hydrogen-bond acceptors (Lipinski definition) is 5. The maximum absolute atomic E-state index is 12.1. The summed E-state index contributed by atoms with van der Waals surface area (Å²) in [5.74, 6) is 0.0586. The molecule has 0 saturated heterocycles. The first-order valence-corrected chi connectivity index (χ1v) is 6.35. The van der Waals surface area contributed by atoms with E-state index < -0.39 is 16.5 Å². The fourth-order valence-corrected chi connectivity index (χ4v) is 1.99. The number of nitrogens with two attached hydrogens (primary N) is 1. The molecule has 0 saturated carbocycles. The number of nitro benzene ring substituents is 1. The quantitative estimate of drug-likeness (QED) is 0.512. The number of anilines is 1. The Morgan fingerprint density at radius 1 is 1.52 bits per heavy atom. The molecule has 1 atom stereocenters. The van der Waals surface area contributed by atoms with Crippen LogP contribution in [0.3, 0.4) is 0 Å². The fourth-order valence-electron chi connectivity index (χ4n) is 1.77. The molecule has 8 heteroatoms. The monoisotopic (exact) mass is 309 g/mol. The van der Waals surface area contributed by atoms with Gasteiger partial charge in [0.05, 0.1) is 22.3 Å². The zero-order valence-corrected chi connectivity index (χ0v) is 11.8. The number of hydrogen-bond donors (Lipinski definition) is 2. The summed E-state index contributed by atoms with van der Waals surface area (Å²) in [5, 5.41) is 13.5. The Morgan fingerprint density at radius 2 is 2.24 bits per heavy atom. The molecule has 0 radical (unpaired) electrons. The average Bonchev–Trinajstić information content (AvgIpc) is 2.95. The molecule has 110 valence electrons. The first-order chi connectivity index (χ1) is 9.90. The predicted molar refractivity (Wildman–Crippen MR) is 77.1 cm³/mol. The van der Waals surface area contributed by atoms with Gasteiger partial charge in [0.1, 0.15) is 11.4 Å². The molecule has 0 spiro atoms. The molecule has 3 N–H and O–H groups in total. The molecule has 0 aliphatic rings. The second kappa shape index (κ2) is 5.84. The summed E-state index contributed by atoms with van der Waals surface area (Å²) in [6.45, 7) is 1.73. The van der Waals surface area contributed by atoms with Gasteiger partial charge in [-0.25, -0.2) is 0 Å². The second-order valence-corrected chi connectivity index (χ2v) is 4.77. The number of nitrogens with one attached hydrogen (secondary N) is 1. The summed E-state index contributed by atoms with van der Waals surface area (Å²) in [7, 11) is 0. The third-order valence-corrected chi connectivity index (χ3v) is 3.20. The molecule has 1 unspecified atom stereocenters. The molecule has 7 nitrogen and oxygen atoms in total. The van der Waals surface area contributed by atoms with Gasteiger partial charge in [0.2, 0.25) is 0 Å². The maximum Gasteiger partial charge on any atom is 0.294 e. The molecule has 0 bridgehead atoms. The summed E-state index contributed by atoms with van der Waals surface area (Å²) in [4.78, 5) is 22.3. The first kappa shape index (κ1) is 14.9. The number of rotatable bonds is 4. The number of benzene rings is 1. The minimum absolute atomic E-state index is 0.0417. The zero-order valence-electron chi connectivity index (χ0n) is 11.0. The number of nitro groups is 1. The molecule has 0 aliphatic heterocycles. The Balaban J connectivity index is 2.25. The number of amides is 1. The third kappa shape index (κ3) is 3.14. The number of halogens is 1. The first-order valence-electron chi connectivity index (χ1n) is 5.98. The smallest absolute Gasteiger partial charge is 0.294 e. The average molecular weight is 310 g/mol. The number of carbonyl (C=O) groups is 1. The van der Waals surface area contributed by atoms with Crippen LogP contribution in [0, 0.1) is 10.1 Å². The summed E-state index contributed by atoms with van der Waals surface area (Å²) in [5.41, 5.74) is 4.99. The van der Waals surface area contributed by atoms with Gasteiger partial charge in [-0.05, 0) is 25.1 Å². The lowest BCUT2D eigenvalue weighted by Gasteiger charge is -2.12. The van der Waals surface area contributed by atoms with Crippen LogP contribution in [-0.4, -0.2) is 10.8 Å². The molecule has 1 heterocycles. The van der Waals surface area contributed by atoms with Gasteiger partial charge in [-0.2, -0.15) is 0 Å². The minimum atomic E-state index is -0.687.